The number of fused-ring (bicyclic) bond motifs is 3. The number of phenols is 2. The van der Waals surface area contributed by atoms with E-state index in [1.807, 2.05) is 25.1 Å². The van der Waals surface area contributed by atoms with Gasteiger partial charge in [0, 0.05) is 22.5 Å². The van der Waals surface area contributed by atoms with E-state index in [-0.39, 0.29) is 17.4 Å². The minimum Gasteiger partial charge on any atom is -0.508 e. The molecule has 4 N–H and O–H groups in total. The Balaban J connectivity index is 1.61. The van der Waals surface area contributed by atoms with Crippen LogP contribution in [0.1, 0.15) is 11.1 Å². The van der Waals surface area contributed by atoms with Crippen molar-refractivity contribution < 1.29 is 10.2 Å². The first-order valence-corrected chi connectivity index (χ1v) is 7.54. The van der Waals surface area contributed by atoms with Gasteiger partial charge < -0.3 is 15.2 Å². The normalized spacial score (nSPS) is 11.6. The third-order valence-electron chi connectivity index (χ3n) is 3.75. The zero-order chi connectivity index (χ0) is 17.4. The number of anilines is 1. The molecule has 25 heavy (non-hydrogen) atoms. The number of hydrazone groups is 1. The van der Waals surface area contributed by atoms with Gasteiger partial charge in [-0.3, -0.25) is 0 Å². The molecule has 2 aromatic carbocycles. The summed E-state index contributed by atoms with van der Waals surface area (Å²) in [5, 5.41) is 32.1. The average Bonchev–Trinajstić information content (AvgIpc) is 2.94. The lowest BCUT2D eigenvalue weighted by Gasteiger charge is -2.00. The predicted molar refractivity (Wildman–Crippen MR) is 94.9 cm³/mol. The van der Waals surface area contributed by atoms with Crippen LogP contribution in [0.25, 0.3) is 22.1 Å². The van der Waals surface area contributed by atoms with Crippen molar-refractivity contribution in [1.82, 2.24) is 20.2 Å². The van der Waals surface area contributed by atoms with Crippen molar-refractivity contribution in [3.05, 3.63) is 47.5 Å². The highest BCUT2D eigenvalue weighted by Gasteiger charge is 2.09. The van der Waals surface area contributed by atoms with Crippen LogP contribution in [0.15, 0.2) is 41.5 Å². The van der Waals surface area contributed by atoms with E-state index < -0.39 is 0 Å². The van der Waals surface area contributed by atoms with Crippen LogP contribution in [0.4, 0.5) is 5.95 Å². The van der Waals surface area contributed by atoms with Gasteiger partial charge in [-0.25, -0.2) is 5.43 Å². The number of nitrogens with zero attached hydrogens (tertiary/aromatic N) is 4. The zero-order valence-electron chi connectivity index (χ0n) is 13.2. The number of aromatic amines is 1. The Hall–Kier alpha value is -3.68. The SMILES string of the molecule is Cc1ccc2[nH]c3nc(N/N=C/c4ccc(O)cc4O)nnc3c2c1. The van der Waals surface area contributed by atoms with Gasteiger partial charge in [-0.1, -0.05) is 11.6 Å². The van der Waals surface area contributed by atoms with E-state index in [1.165, 1.54) is 24.4 Å². The topological polar surface area (TPSA) is 119 Å². The molecule has 0 aliphatic carbocycles. The standard InChI is InChI=1S/C17H14N6O2/c1-9-2-5-13-12(6-9)15-16(19-13)20-17(23-21-15)22-18-8-10-3-4-11(24)7-14(10)25/h2-8,24-25H,1H3,(H2,19,20,22,23)/b18-8+. The molecule has 0 saturated heterocycles. The van der Waals surface area contributed by atoms with E-state index in [4.69, 9.17) is 0 Å². The average molecular weight is 334 g/mol. The second-order valence-corrected chi connectivity index (χ2v) is 5.62. The maximum Gasteiger partial charge on any atom is 0.265 e. The molecule has 4 aromatic rings. The largest absolute Gasteiger partial charge is 0.508 e. The Kier molecular flexibility index (Phi) is 3.42. The summed E-state index contributed by atoms with van der Waals surface area (Å²) in [5.41, 5.74) is 6.51. The lowest BCUT2D eigenvalue weighted by molar-refractivity contribution is 0.450. The van der Waals surface area contributed by atoms with Crippen LogP contribution in [0.2, 0.25) is 0 Å². The Labute approximate surface area is 141 Å². The van der Waals surface area contributed by atoms with Gasteiger partial charge >= 0.3 is 0 Å². The minimum absolute atomic E-state index is 0.0189. The quantitative estimate of drug-likeness (QED) is 0.338. The molecule has 4 rings (SSSR count). The Morgan fingerprint density at radius 1 is 1.12 bits per heavy atom. The maximum atomic E-state index is 9.71. The first-order valence-electron chi connectivity index (χ1n) is 7.54. The number of aromatic hydroxyl groups is 2. The summed E-state index contributed by atoms with van der Waals surface area (Å²) < 4.78 is 0. The van der Waals surface area contributed by atoms with E-state index in [0.29, 0.717) is 16.7 Å². The molecule has 8 heteroatoms. The number of H-pyrrole nitrogens is 1. The van der Waals surface area contributed by atoms with Crippen LogP contribution in [0, 0.1) is 6.92 Å². The van der Waals surface area contributed by atoms with E-state index in [1.54, 1.807) is 0 Å². The number of hydrogen-bond donors (Lipinski definition) is 4. The highest BCUT2D eigenvalue weighted by molar-refractivity contribution is 6.03. The van der Waals surface area contributed by atoms with Crippen molar-refractivity contribution in [3.8, 4) is 11.5 Å². The second kappa shape index (κ2) is 5.75. The first-order chi connectivity index (χ1) is 12.1. The molecule has 0 fully saturated rings. The molecule has 8 nitrogen and oxygen atoms in total. The third kappa shape index (κ3) is 2.80. The fraction of sp³-hybridized carbons (Fsp3) is 0.0588. The molecule has 2 heterocycles. The van der Waals surface area contributed by atoms with Crippen LogP contribution in [0.3, 0.4) is 0 Å². The van der Waals surface area contributed by atoms with Crippen molar-refractivity contribution in [1.29, 1.82) is 0 Å². The van der Waals surface area contributed by atoms with Crippen molar-refractivity contribution in [2.45, 2.75) is 6.92 Å². The van der Waals surface area contributed by atoms with Gasteiger partial charge in [-0.2, -0.15) is 10.1 Å². The van der Waals surface area contributed by atoms with Gasteiger partial charge in [0.25, 0.3) is 5.95 Å². The monoisotopic (exact) mass is 334 g/mol. The number of hydrogen-bond acceptors (Lipinski definition) is 7. The lowest BCUT2D eigenvalue weighted by Crippen LogP contribution is -1.99. The molecular formula is C17H14N6O2. The van der Waals surface area contributed by atoms with Crippen LogP contribution in [0.5, 0.6) is 11.5 Å². The summed E-state index contributed by atoms with van der Waals surface area (Å²) in [7, 11) is 0. The highest BCUT2D eigenvalue weighted by atomic mass is 16.3. The summed E-state index contributed by atoms with van der Waals surface area (Å²) in [5.74, 6) is 0.131. The summed E-state index contributed by atoms with van der Waals surface area (Å²) in [6.45, 7) is 2.02. The summed E-state index contributed by atoms with van der Waals surface area (Å²) in [4.78, 5) is 7.55. The number of phenolic OH excluding ortho intramolecular Hbond substituents is 2. The van der Waals surface area contributed by atoms with Gasteiger partial charge in [0.2, 0.25) is 0 Å². The molecule has 0 bridgehead atoms. The molecule has 0 radical (unpaired) electrons. The fourth-order valence-corrected chi connectivity index (χ4v) is 2.53. The first kappa shape index (κ1) is 14.9. The van der Waals surface area contributed by atoms with E-state index in [0.717, 1.165) is 16.5 Å². The van der Waals surface area contributed by atoms with Gasteiger partial charge in [0.15, 0.2) is 5.65 Å². The van der Waals surface area contributed by atoms with Crippen LogP contribution >= 0.6 is 0 Å². The second-order valence-electron chi connectivity index (χ2n) is 5.62. The Morgan fingerprint density at radius 3 is 2.84 bits per heavy atom. The number of nitrogens with one attached hydrogen (secondary N) is 2. The molecule has 0 aliphatic heterocycles. The smallest absolute Gasteiger partial charge is 0.265 e. The van der Waals surface area contributed by atoms with Gasteiger partial charge in [-0.15, -0.1) is 10.2 Å². The molecule has 2 aromatic heterocycles. The van der Waals surface area contributed by atoms with Crippen molar-refractivity contribution in [3.63, 3.8) is 0 Å². The van der Waals surface area contributed by atoms with Crippen molar-refractivity contribution in [2.75, 3.05) is 5.43 Å². The van der Waals surface area contributed by atoms with Crippen molar-refractivity contribution >= 4 is 34.2 Å². The minimum atomic E-state index is -0.0777. The van der Waals surface area contributed by atoms with Gasteiger partial charge in [0.05, 0.1) is 6.21 Å². The fourth-order valence-electron chi connectivity index (χ4n) is 2.53. The Bertz CT molecular complexity index is 1120. The third-order valence-corrected chi connectivity index (χ3v) is 3.75. The van der Waals surface area contributed by atoms with E-state index in [9.17, 15) is 10.2 Å². The summed E-state index contributed by atoms with van der Waals surface area (Å²) >= 11 is 0. The molecular weight excluding hydrogens is 320 g/mol. The lowest BCUT2D eigenvalue weighted by atomic mass is 10.2. The van der Waals surface area contributed by atoms with Crippen LogP contribution in [-0.2, 0) is 0 Å². The number of benzene rings is 2. The number of aryl methyl sites for hydroxylation is 1. The van der Waals surface area contributed by atoms with Crippen LogP contribution < -0.4 is 5.43 Å². The predicted octanol–water partition coefficient (Wildman–Crippen LogP) is 2.67. The number of rotatable bonds is 3. The van der Waals surface area contributed by atoms with Gasteiger partial charge in [0.1, 0.15) is 17.0 Å². The molecule has 0 unspecified atom stereocenters. The molecule has 0 saturated carbocycles. The molecule has 0 spiro atoms. The molecule has 0 aliphatic rings. The highest BCUT2D eigenvalue weighted by Crippen LogP contribution is 2.23. The Morgan fingerprint density at radius 2 is 2.00 bits per heavy atom. The van der Waals surface area contributed by atoms with E-state index in [2.05, 4.69) is 30.7 Å². The zero-order valence-corrected chi connectivity index (χ0v) is 13.2. The number of aromatic nitrogens is 4. The molecule has 0 amide bonds. The summed E-state index contributed by atoms with van der Waals surface area (Å²) in [6, 6.07) is 10.3. The van der Waals surface area contributed by atoms with Gasteiger partial charge in [-0.05, 0) is 31.2 Å². The molecule has 124 valence electrons. The van der Waals surface area contributed by atoms with Crippen LogP contribution in [-0.4, -0.2) is 36.6 Å². The molecule has 0 atom stereocenters. The maximum absolute atomic E-state index is 9.71. The summed E-state index contributed by atoms with van der Waals surface area (Å²) in [6.07, 6.45) is 1.40. The van der Waals surface area contributed by atoms with Crippen molar-refractivity contribution in [2.24, 2.45) is 5.10 Å². The van der Waals surface area contributed by atoms with E-state index >= 15 is 0 Å².